The Bertz CT molecular complexity index is 775. The Kier molecular flexibility index (Phi) is 2.67. The van der Waals surface area contributed by atoms with Crippen LogP contribution in [0.4, 0.5) is 18.9 Å². The maximum Gasteiger partial charge on any atom is 0.416 e. The molecule has 0 bridgehead atoms. The molecule has 0 radical (unpaired) electrons. The highest BCUT2D eigenvalue weighted by Gasteiger charge is 2.30. The second-order valence-corrected chi connectivity index (χ2v) is 4.42. The van der Waals surface area contributed by atoms with Crippen LogP contribution in [0, 0.1) is 0 Å². The molecule has 102 valence electrons. The number of alkyl halides is 3. The van der Waals surface area contributed by atoms with Crippen LogP contribution < -0.4 is 5.73 Å². The first-order valence-electron chi connectivity index (χ1n) is 5.87. The molecule has 3 rings (SSSR count). The minimum atomic E-state index is -4.38. The van der Waals surface area contributed by atoms with Crippen LogP contribution in [0.2, 0.25) is 0 Å². The quantitative estimate of drug-likeness (QED) is 0.664. The zero-order valence-electron chi connectivity index (χ0n) is 10.2. The van der Waals surface area contributed by atoms with Crippen LogP contribution in [0.1, 0.15) is 5.56 Å². The fourth-order valence-corrected chi connectivity index (χ4v) is 2.15. The summed E-state index contributed by atoms with van der Waals surface area (Å²) in [7, 11) is 0. The number of H-pyrrole nitrogens is 1. The number of fused-ring (bicyclic) bond motifs is 1. The molecule has 0 atom stereocenters. The van der Waals surface area contributed by atoms with Crippen molar-refractivity contribution in [2.45, 2.75) is 6.18 Å². The highest BCUT2D eigenvalue weighted by atomic mass is 19.4. The Morgan fingerprint density at radius 1 is 1.05 bits per heavy atom. The molecule has 0 aliphatic heterocycles. The van der Waals surface area contributed by atoms with Gasteiger partial charge < -0.3 is 5.73 Å². The molecule has 3 aromatic rings. The first-order valence-corrected chi connectivity index (χ1v) is 5.87. The number of nitrogens with one attached hydrogen (secondary N) is 1. The minimum Gasteiger partial charge on any atom is -0.398 e. The van der Waals surface area contributed by atoms with E-state index < -0.39 is 11.7 Å². The van der Waals surface area contributed by atoms with Crippen LogP contribution in [0.3, 0.4) is 0 Å². The summed E-state index contributed by atoms with van der Waals surface area (Å²) in [5.74, 6) is 0. The standard InChI is InChI=1S/C14H10F3N3/c15-14(16,17)9-4-1-3-8(7-9)13-12-10(18)5-2-6-11(12)19-20-13/h1-7H,18H2,(H,19,20). The molecule has 1 heterocycles. The van der Waals surface area contributed by atoms with Gasteiger partial charge in [-0.2, -0.15) is 18.3 Å². The van der Waals surface area contributed by atoms with Crippen molar-refractivity contribution in [3.8, 4) is 11.3 Å². The summed E-state index contributed by atoms with van der Waals surface area (Å²) >= 11 is 0. The maximum absolute atomic E-state index is 12.7. The molecular formula is C14H10F3N3. The molecule has 0 spiro atoms. The van der Waals surface area contributed by atoms with Crippen molar-refractivity contribution >= 4 is 16.6 Å². The van der Waals surface area contributed by atoms with Crippen LogP contribution in [0.15, 0.2) is 42.5 Å². The number of hydrogen-bond donors (Lipinski definition) is 2. The number of rotatable bonds is 1. The van der Waals surface area contributed by atoms with E-state index in [0.29, 0.717) is 27.8 Å². The Labute approximate surface area is 112 Å². The molecule has 3 N–H and O–H groups in total. The lowest BCUT2D eigenvalue weighted by molar-refractivity contribution is -0.137. The first kappa shape index (κ1) is 12.5. The van der Waals surface area contributed by atoms with Gasteiger partial charge in [-0.3, -0.25) is 5.10 Å². The second kappa shape index (κ2) is 4.26. The van der Waals surface area contributed by atoms with E-state index in [0.717, 1.165) is 12.1 Å². The maximum atomic E-state index is 12.7. The topological polar surface area (TPSA) is 54.7 Å². The van der Waals surface area contributed by atoms with Gasteiger partial charge in [0.25, 0.3) is 0 Å². The van der Waals surface area contributed by atoms with Crippen molar-refractivity contribution in [3.63, 3.8) is 0 Å². The number of nitrogen functional groups attached to an aromatic ring is 1. The molecule has 0 aliphatic carbocycles. The lowest BCUT2D eigenvalue weighted by Crippen LogP contribution is -2.04. The number of aromatic amines is 1. The first-order chi connectivity index (χ1) is 9.47. The van der Waals surface area contributed by atoms with E-state index in [1.165, 1.54) is 6.07 Å². The van der Waals surface area contributed by atoms with E-state index in [9.17, 15) is 13.2 Å². The van der Waals surface area contributed by atoms with Crippen molar-refractivity contribution in [1.82, 2.24) is 10.2 Å². The molecule has 20 heavy (non-hydrogen) atoms. The number of nitrogens with two attached hydrogens (primary N) is 1. The van der Waals surface area contributed by atoms with Gasteiger partial charge in [0.1, 0.15) is 5.69 Å². The minimum absolute atomic E-state index is 0.379. The molecule has 6 heteroatoms. The van der Waals surface area contributed by atoms with Gasteiger partial charge in [-0.15, -0.1) is 0 Å². The molecular weight excluding hydrogens is 267 g/mol. The van der Waals surface area contributed by atoms with E-state index in [1.807, 2.05) is 0 Å². The Hall–Kier alpha value is -2.50. The van der Waals surface area contributed by atoms with Crippen LogP contribution >= 0.6 is 0 Å². The van der Waals surface area contributed by atoms with Gasteiger partial charge in [0.2, 0.25) is 0 Å². The Morgan fingerprint density at radius 3 is 2.55 bits per heavy atom. The van der Waals surface area contributed by atoms with Crippen LogP contribution in [-0.2, 0) is 6.18 Å². The van der Waals surface area contributed by atoms with Crippen molar-refractivity contribution in [2.75, 3.05) is 5.73 Å². The van der Waals surface area contributed by atoms with Crippen molar-refractivity contribution in [2.24, 2.45) is 0 Å². The average molecular weight is 277 g/mol. The molecule has 0 saturated carbocycles. The van der Waals surface area contributed by atoms with Crippen molar-refractivity contribution in [1.29, 1.82) is 0 Å². The van der Waals surface area contributed by atoms with Crippen molar-refractivity contribution in [3.05, 3.63) is 48.0 Å². The van der Waals surface area contributed by atoms with E-state index >= 15 is 0 Å². The summed E-state index contributed by atoms with van der Waals surface area (Å²) in [6.07, 6.45) is -4.38. The second-order valence-electron chi connectivity index (χ2n) is 4.42. The van der Waals surface area contributed by atoms with E-state index in [1.54, 1.807) is 24.3 Å². The molecule has 0 aliphatic rings. The average Bonchev–Trinajstić information content (AvgIpc) is 2.83. The van der Waals surface area contributed by atoms with Crippen LogP contribution in [-0.4, -0.2) is 10.2 Å². The van der Waals surface area contributed by atoms with E-state index in [2.05, 4.69) is 10.2 Å². The molecule has 0 amide bonds. The smallest absolute Gasteiger partial charge is 0.398 e. The van der Waals surface area contributed by atoms with Gasteiger partial charge in [-0.25, -0.2) is 0 Å². The number of aromatic nitrogens is 2. The predicted molar refractivity (Wildman–Crippen MR) is 70.9 cm³/mol. The lowest BCUT2D eigenvalue weighted by atomic mass is 10.0. The largest absolute Gasteiger partial charge is 0.416 e. The van der Waals surface area contributed by atoms with Crippen molar-refractivity contribution < 1.29 is 13.2 Å². The van der Waals surface area contributed by atoms with Gasteiger partial charge >= 0.3 is 6.18 Å². The summed E-state index contributed by atoms with van der Waals surface area (Å²) in [6.45, 7) is 0. The highest BCUT2D eigenvalue weighted by Crippen LogP contribution is 2.35. The van der Waals surface area contributed by atoms with Crippen LogP contribution in [0.25, 0.3) is 22.2 Å². The number of halogens is 3. The summed E-state index contributed by atoms with van der Waals surface area (Å²) in [6, 6.07) is 10.3. The van der Waals surface area contributed by atoms with Gasteiger partial charge in [0.05, 0.1) is 16.5 Å². The molecule has 1 aromatic heterocycles. The van der Waals surface area contributed by atoms with Gasteiger partial charge in [0, 0.05) is 11.3 Å². The van der Waals surface area contributed by atoms with E-state index in [-0.39, 0.29) is 0 Å². The highest BCUT2D eigenvalue weighted by molar-refractivity contribution is 6.01. The zero-order chi connectivity index (χ0) is 14.3. The molecule has 0 unspecified atom stereocenters. The zero-order valence-corrected chi connectivity index (χ0v) is 10.2. The molecule has 0 fully saturated rings. The molecule has 0 saturated heterocycles. The number of hydrogen-bond acceptors (Lipinski definition) is 2. The van der Waals surface area contributed by atoms with Gasteiger partial charge in [0.15, 0.2) is 0 Å². The number of anilines is 1. The molecule has 3 nitrogen and oxygen atoms in total. The summed E-state index contributed by atoms with van der Waals surface area (Å²) in [4.78, 5) is 0. The fraction of sp³-hybridized carbons (Fsp3) is 0.0714. The molecule has 2 aromatic carbocycles. The lowest BCUT2D eigenvalue weighted by Gasteiger charge is -2.08. The third-order valence-electron chi connectivity index (χ3n) is 3.08. The third kappa shape index (κ3) is 1.99. The summed E-state index contributed by atoms with van der Waals surface area (Å²) < 4.78 is 38.2. The summed E-state index contributed by atoms with van der Waals surface area (Å²) in [5.41, 5.74) is 7.14. The van der Waals surface area contributed by atoms with Gasteiger partial charge in [-0.05, 0) is 24.3 Å². The Balaban J connectivity index is 2.22. The SMILES string of the molecule is Nc1cccc2[nH]nc(-c3cccc(C(F)(F)F)c3)c12. The number of benzene rings is 2. The van der Waals surface area contributed by atoms with E-state index in [4.69, 9.17) is 5.73 Å². The fourth-order valence-electron chi connectivity index (χ4n) is 2.15. The van der Waals surface area contributed by atoms with Crippen LogP contribution in [0.5, 0.6) is 0 Å². The van der Waals surface area contributed by atoms with Gasteiger partial charge in [-0.1, -0.05) is 18.2 Å². The monoisotopic (exact) mass is 277 g/mol. The Morgan fingerprint density at radius 2 is 1.80 bits per heavy atom. The summed E-state index contributed by atoms with van der Waals surface area (Å²) in [5, 5.41) is 7.48. The number of nitrogens with zero attached hydrogens (tertiary/aromatic N) is 1. The normalized spacial score (nSPS) is 11.9. The predicted octanol–water partition coefficient (Wildman–Crippen LogP) is 3.83. The third-order valence-corrected chi connectivity index (χ3v) is 3.08.